The molecule has 92 valence electrons. The van der Waals surface area contributed by atoms with Crippen LogP contribution >= 0.6 is 0 Å². The second kappa shape index (κ2) is 3.72. The molecule has 17 heavy (non-hydrogen) atoms. The molecule has 6 nitrogen and oxygen atoms in total. The lowest BCUT2D eigenvalue weighted by Gasteiger charge is -2.28. The van der Waals surface area contributed by atoms with E-state index < -0.39 is 5.97 Å². The number of carboxylic acids is 1. The molecule has 2 aliphatic rings. The molecule has 3 rings (SSSR count). The number of nitrogens with zero attached hydrogens (tertiary/aromatic N) is 2. The lowest BCUT2D eigenvalue weighted by Crippen LogP contribution is -2.25. The van der Waals surface area contributed by atoms with Gasteiger partial charge in [-0.3, -0.25) is 0 Å². The molecular formula is C11H15N3O3. The van der Waals surface area contributed by atoms with Crippen molar-refractivity contribution < 1.29 is 14.6 Å². The summed E-state index contributed by atoms with van der Waals surface area (Å²) in [6.45, 7) is 0. The van der Waals surface area contributed by atoms with Gasteiger partial charge in [-0.25, -0.2) is 9.89 Å². The number of H-pyrrole nitrogens is 1. The highest BCUT2D eigenvalue weighted by molar-refractivity contribution is 5.87. The number of hydrogen-bond acceptors (Lipinski definition) is 4. The number of carbonyl (C=O) groups is 1. The van der Waals surface area contributed by atoms with E-state index in [0.717, 1.165) is 12.8 Å². The van der Waals surface area contributed by atoms with Gasteiger partial charge in [0.1, 0.15) is 6.10 Å². The summed E-state index contributed by atoms with van der Waals surface area (Å²) in [6, 6.07) is 0. The van der Waals surface area contributed by atoms with Crippen LogP contribution in [-0.2, 0) is 0 Å². The maximum Gasteiger partial charge on any atom is 0.359 e. The zero-order valence-electron chi connectivity index (χ0n) is 9.48. The van der Waals surface area contributed by atoms with E-state index >= 15 is 0 Å². The van der Waals surface area contributed by atoms with Crippen molar-refractivity contribution in [1.82, 2.24) is 15.4 Å². The van der Waals surface area contributed by atoms with Crippen molar-refractivity contribution >= 4 is 5.97 Å². The first-order chi connectivity index (χ1) is 8.19. The second-order valence-corrected chi connectivity index (χ2v) is 5.11. The highest BCUT2D eigenvalue weighted by atomic mass is 16.5. The molecule has 2 aliphatic carbocycles. The molecule has 6 heteroatoms. The molecule has 0 bridgehead atoms. The molecule has 2 fully saturated rings. The van der Waals surface area contributed by atoms with Crippen LogP contribution in [0.5, 0.6) is 5.88 Å². The van der Waals surface area contributed by atoms with Crippen LogP contribution in [0, 0.1) is 5.41 Å². The molecule has 2 saturated carbocycles. The number of rotatable bonds is 3. The summed E-state index contributed by atoms with van der Waals surface area (Å²) in [5, 5.41) is 18.4. The van der Waals surface area contributed by atoms with Crippen molar-refractivity contribution in [3.8, 4) is 5.88 Å². The lowest BCUT2D eigenvalue weighted by atomic mass is 9.85. The molecule has 0 radical (unpaired) electrons. The zero-order valence-corrected chi connectivity index (χ0v) is 9.48. The molecule has 0 aliphatic heterocycles. The normalized spacial score (nSPS) is 22.6. The molecule has 0 atom stereocenters. The van der Waals surface area contributed by atoms with Crippen LogP contribution in [0.2, 0.25) is 0 Å². The van der Waals surface area contributed by atoms with Crippen molar-refractivity contribution in [2.45, 2.75) is 44.6 Å². The van der Waals surface area contributed by atoms with Gasteiger partial charge >= 0.3 is 5.97 Å². The summed E-state index contributed by atoms with van der Waals surface area (Å²) in [5.41, 5.74) is 0.552. The predicted octanol–water partition coefficient (Wildman–Crippen LogP) is 1.60. The Balaban J connectivity index is 1.63. The second-order valence-electron chi connectivity index (χ2n) is 5.11. The summed E-state index contributed by atoms with van der Waals surface area (Å²) in [4.78, 5) is 10.8. The minimum absolute atomic E-state index is 0.0586. The Bertz CT molecular complexity index is 429. The van der Waals surface area contributed by atoms with Crippen LogP contribution in [-0.4, -0.2) is 32.6 Å². The van der Waals surface area contributed by atoms with E-state index in [1.807, 2.05) is 0 Å². The van der Waals surface area contributed by atoms with Crippen LogP contribution in [0.15, 0.2) is 0 Å². The Morgan fingerprint density at radius 2 is 2.06 bits per heavy atom. The van der Waals surface area contributed by atoms with Gasteiger partial charge in [-0.15, -0.1) is 0 Å². The topological polar surface area (TPSA) is 88.1 Å². The minimum atomic E-state index is -1.08. The number of ether oxygens (including phenoxy) is 1. The van der Waals surface area contributed by atoms with Crippen molar-refractivity contribution in [1.29, 1.82) is 0 Å². The first-order valence-electron chi connectivity index (χ1n) is 6.00. The maximum atomic E-state index is 10.8. The summed E-state index contributed by atoms with van der Waals surface area (Å²) >= 11 is 0. The van der Waals surface area contributed by atoms with Gasteiger partial charge in [0.15, 0.2) is 0 Å². The van der Waals surface area contributed by atoms with Crippen LogP contribution in [0.25, 0.3) is 0 Å². The Morgan fingerprint density at radius 3 is 2.65 bits per heavy atom. The summed E-state index contributed by atoms with van der Waals surface area (Å²) in [5.74, 6) is -0.964. The smallest absolute Gasteiger partial charge is 0.359 e. The van der Waals surface area contributed by atoms with Crippen molar-refractivity contribution in [2.24, 2.45) is 5.41 Å². The minimum Gasteiger partial charge on any atom is -0.476 e. The van der Waals surface area contributed by atoms with Gasteiger partial charge in [0, 0.05) is 0 Å². The van der Waals surface area contributed by atoms with E-state index in [2.05, 4.69) is 15.4 Å². The highest BCUT2D eigenvalue weighted by Crippen LogP contribution is 2.56. The van der Waals surface area contributed by atoms with E-state index in [-0.39, 0.29) is 17.7 Å². The van der Waals surface area contributed by atoms with Gasteiger partial charge in [0.05, 0.1) is 0 Å². The third kappa shape index (κ3) is 1.99. The number of nitrogens with one attached hydrogen (secondary N) is 1. The van der Waals surface area contributed by atoms with Crippen molar-refractivity contribution in [3.63, 3.8) is 0 Å². The number of aromatic amines is 1. The molecule has 2 N–H and O–H groups in total. The molecule has 1 spiro atoms. The summed E-state index contributed by atoms with van der Waals surface area (Å²) < 4.78 is 5.62. The van der Waals surface area contributed by atoms with E-state index in [1.165, 1.54) is 25.7 Å². The molecular weight excluding hydrogens is 222 g/mol. The number of aromatic nitrogens is 3. The summed E-state index contributed by atoms with van der Waals surface area (Å²) in [7, 11) is 0. The van der Waals surface area contributed by atoms with Crippen LogP contribution in [0.1, 0.15) is 49.0 Å². The van der Waals surface area contributed by atoms with Crippen molar-refractivity contribution in [3.05, 3.63) is 5.69 Å². The fraction of sp³-hybridized carbons (Fsp3) is 0.727. The monoisotopic (exact) mass is 237 g/mol. The first-order valence-corrected chi connectivity index (χ1v) is 6.00. The van der Waals surface area contributed by atoms with Crippen molar-refractivity contribution in [2.75, 3.05) is 0 Å². The van der Waals surface area contributed by atoms with E-state index in [9.17, 15) is 4.79 Å². The quantitative estimate of drug-likeness (QED) is 0.833. The van der Waals surface area contributed by atoms with Gasteiger partial charge in [-0.1, -0.05) is 10.3 Å². The van der Waals surface area contributed by atoms with Gasteiger partial charge in [-0.2, -0.15) is 0 Å². The Hall–Kier alpha value is -1.59. The fourth-order valence-corrected chi connectivity index (χ4v) is 2.60. The standard InChI is InChI=1S/C11H15N3O3/c15-10(16)8-9(13-14-12-8)17-7-1-3-11(4-2-7)5-6-11/h7H,1-6H2,(H,15,16)(H,12,13,14). The number of hydrogen-bond donors (Lipinski definition) is 2. The Labute approximate surface area is 98.4 Å². The third-order valence-corrected chi connectivity index (χ3v) is 3.96. The summed E-state index contributed by atoms with van der Waals surface area (Å²) in [6.07, 6.45) is 7.16. The van der Waals surface area contributed by atoms with Crippen LogP contribution < -0.4 is 4.74 Å². The first kappa shape index (κ1) is 10.6. The SMILES string of the molecule is O=C(O)c1[nH]nnc1OC1CCC2(CC1)CC2. The number of carboxylic acid groups (broad SMARTS) is 1. The van der Waals surface area contributed by atoms with E-state index in [4.69, 9.17) is 9.84 Å². The number of aromatic carboxylic acids is 1. The van der Waals surface area contributed by atoms with Gasteiger partial charge in [-0.05, 0) is 43.9 Å². The molecule has 0 aromatic carbocycles. The molecule has 1 aromatic heterocycles. The predicted molar refractivity (Wildman–Crippen MR) is 57.9 cm³/mol. The lowest BCUT2D eigenvalue weighted by molar-refractivity contribution is 0.0674. The third-order valence-electron chi connectivity index (χ3n) is 3.96. The maximum absolute atomic E-state index is 10.8. The van der Waals surface area contributed by atoms with Crippen LogP contribution in [0.4, 0.5) is 0 Å². The average Bonchev–Trinajstić information content (AvgIpc) is 2.89. The Kier molecular flexibility index (Phi) is 2.31. The molecule has 1 heterocycles. The fourth-order valence-electron chi connectivity index (χ4n) is 2.60. The molecule has 0 unspecified atom stereocenters. The van der Waals surface area contributed by atoms with E-state index in [1.54, 1.807) is 0 Å². The zero-order chi connectivity index (χ0) is 11.9. The van der Waals surface area contributed by atoms with Gasteiger partial charge in [0.25, 0.3) is 5.88 Å². The Morgan fingerprint density at radius 1 is 1.35 bits per heavy atom. The molecule has 0 saturated heterocycles. The van der Waals surface area contributed by atoms with E-state index in [0.29, 0.717) is 5.41 Å². The highest BCUT2D eigenvalue weighted by Gasteiger charge is 2.45. The van der Waals surface area contributed by atoms with Gasteiger partial charge in [0.2, 0.25) is 5.69 Å². The molecule has 1 aromatic rings. The largest absolute Gasteiger partial charge is 0.476 e. The van der Waals surface area contributed by atoms with Crippen LogP contribution in [0.3, 0.4) is 0 Å². The molecule has 0 amide bonds. The van der Waals surface area contributed by atoms with Gasteiger partial charge < -0.3 is 9.84 Å². The average molecular weight is 237 g/mol.